The summed E-state index contributed by atoms with van der Waals surface area (Å²) in [4.78, 5) is 23.9. The smallest absolute Gasteiger partial charge is 0.244 e. The first kappa shape index (κ1) is 23.6. The number of carbonyl (C=O) groups excluding carboxylic acids is 2. The molecule has 0 unspecified atom stereocenters. The van der Waals surface area contributed by atoms with Crippen molar-refractivity contribution in [3.05, 3.63) is 52.6 Å². The average molecular weight is 432 g/mol. The van der Waals surface area contributed by atoms with Gasteiger partial charge in [0.25, 0.3) is 0 Å². The average Bonchev–Trinajstić information content (AvgIpc) is 2.65. The third kappa shape index (κ3) is 5.25. The van der Waals surface area contributed by atoms with E-state index < -0.39 is 15.9 Å². The van der Waals surface area contributed by atoms with E-state index in [1.807, 2.05) is 19.9 Å². The van der Waals surface area contributed by atoms with Gasteiger partial charge in [0.15, 0.2) is 0 Å². The first-order valence-electron chi connectivity index (χ1n) is 9.72. The van der Waals surface area contributed by atoms with Crippen molar-refractivity contribution in [1.82, 2.24) is 4.31 Å². The Hall–Kier alpha value is -2.71. The van der Waals surface area contributed by atoms with Gasteiger partial charge in [-0.1, -0.05) is 13.0 Å². The number of carbonyl (C=O) groups is 2. The molecular weight excluding hydrogens is 402 g/mol. The summed E-state index contributed by atoms with van der Waals surface area (Å²) in [6, 6.07) is 8.58. The van der Waals surface area contributed by atoms with Gasteiger partial charge in [-0.2, -0.15) is 4.31 Å². The molecule has 7 nitrogen and oxygen atoms in total. The minimum absolute atomic E-state index is 0.170. The molecule has 0 bridgehead atoms. The fourth-order valence-electron chi connectivity index (χ4n) is 3.26. The van der Waals surface area contributed by atoms with Crippen molar-refractivity contribution >= 4 is 33.2 Å². The predicted octanol–water partition coefficient (Wildman–Crippen LogP) is 3.53. The van der Waals surface area contributed by atoms with Crippen LogP contribution in [-0.4, -0.2) is 37.6 Å². The number of anilines is 2. The second kappa shape index (κ2) is 9.40. The van der Waals surface area contributed by atoms with E-state index in [0.29, 0.717) is 22.5 Å². The highest BCUT2D eigenvalue weighted by Gasteiger charge is 2.29. The highest BCUT2D eigenvalue weighted by Crippen LogP contribution is 2.28. The van der Waals surface area contributed by atoms with E-state index >= 15 is 0 Å². The molecule has 0 aliphatic carbocycles. The topological polar surface area (TPSA) is 95.6 Å². The molecule has 0 fully saturated rings. The lowest BCUT2D eigenvalue weighted by Crippen LogP contribution is -2.38. The van der Waals surface area contributed by atoms with Crippen LogP contribution in [0.2, 0.25) is 0 Å². The summed E-state index contributed by atoms with van der Waals surface area (Å²) >= 11 is 0. The summed E-state index contributed by atoms with van der Waals surface area (Å²) in [5.74, 6) is -0.625. The standard InChI is InChI=1S/C22H29N3O4S/c1-7-25(30(28,29)22-16(4)14(2)12-15(3)17(22)5)13-21(27)24-20-10-8-19(9-11-20)23-18(6)26/h8-12H,7,13H2,1-6H3,(H,23,26)(H,24,27). The highest BCUT2D eigenvalue weighted by atomic mass is 32.2. The Kier molecular flexibility index (Phi) is 7.39. The normalized spacial score (nSPS) is 11.4. The third-order valence-electron chi connectivity index (χ3n) is 5.06. The Bertz CT molecular complexity index is 1030. The zero-order valence-corrected chi connectivity index (χ0v) is 19.1. The minimum atomic E-state index is -3.84. The van der Waals surface area contributed by atoms with Crippen molar-refractivity contribution in [1.29, 1.82) is 0 Å². The predicted molar refractivity (Wildman–Crippen MR) is 119 cm³/mol. The lowest BCUT2D eigenvalue weighted by Gasteiger charge is -2.24. The maximum atomic E-state index is 13.4. The van der Waals surface area contributed by atoms with Gasteiger partial charge in [0, 0.05) is 24.8 Å². The minimum Gasteiger partial charge on any atom is -0.326 e. The van der Waals surface area contributed by atoms with E-state index in [1.54, 1.807) is 45.0 Å². The molecule has 162 valence electrons. The number of likely N-dealkylation sites (N-methyl/N-ethyl adjacent to an activating group) is 1. The molecule has 2 aromatic carbocycles. The molecule has 30 heavy (non-hydrogen) atoms. The molecule has 0 spiro atoms. The summed E-state index contributed by atoms with van der Waals surface area (Å²) in [6.45, 7) is 10.3. The van der Waals surface area contributed by atoms with Gasteiger partial charge >= 0.3 is 0 Å². The molecule has 2 rings (SSSR count). The number of aryl methyl sites for hydroxylation is 2. The Morgan fingerprint density at radius 2 is 1.37 bits per heavy atom. The van der Waals surface area contributed by atoms with Gasteiger partial charge in [0.1, 0.15) is 0 Å². The van der Waals surface area contributed by atoms with Crippen LogP contribution in [0, 0.1) is 27.7 Å². The van der Waals surface area contributed by atoms with Crippen LogP contribution >= 0.6 is 0 Å². The number of nitrogens with zero attached hydrogens (tertiary/aromatic N) is 1. The van der Waals surface area contributed by atoms with Gasteiger partial charge in [-0.15, -0.1) is 0 Å². The maximum absolute atomic E-state index is 13.4. The monoisotopic (exact) mass is 431 g/mol. The molecular formula is C22H29N3O4S. The van der Waals surface area contributed by atoms with Crippen LogP contribution in [0.4, 0.5) is 11.4 Å². The molecule has 0 aromatic heterocycles. The molecule has 2 N–H and O–H groups in total. The molecule has 0 radical (unpaired) electrons. The lowest BCUT2D eigenvalue weighted by atomic mass is 10.0. The van der Waals surface area contributed by atoms with Crippen molar-refractivity contribution < 1.29 is 18.0 Å². The van der Waals surface area contributed by atoms with Crippen LogP contribution in [0.5, 0.6) is 0 Å². The zero-order chi connectivity index (χ0) is 22.6. The van der Waals surface area contributed by atoms with E-state index in [4.69, 9.17) is 0 Å². The van der Waals surface area contributed by atoms with Crippen LogP contribution in [0.3, 0.4) is 0 Å². The fourth-order valence-corrected chi connectivity index (χ4v) is 5.25. The first-order chi connectivity index (χ1) is 14.0. The zero-order valence-electron chi connectivity index (χ0n) is 18.3. The van der Waals surface area contributed by atoms with Crippen molar-refractivity contribution in [2.75, 3.05) is 23.7 Å². The van der Waals surface area contributed by atoms with Gasteiger partial charge in [0.05, 0.1) is 11.4 Å². The summed E-state index contributed by atoms with van der Waals surface area (Å²) in [5, 5.41) is 5.35. The van der Waals surface area contributed by atoms with Crippen LogP contribution < -0.4 is 10.6 Å². The summed E-state index contributed by atoms with van der Waals surface area (Å²) < 4.78 is 27.9. The number of benzene rings is 2. The molecule has 2 aromatic rings. The maximum Gasteiger partial charge on any atom is 0.244 e. The quantitative estimate of drug-likeness (QED) is 0.701. The summed E-state index contributed by atoms with van der Waals surface area (Å²) in [6.07, 6.45) is 0. The Morgan fingerprint density at radius 3 is 1.80 bits per heavy atom. The third-order valence-corrected chi connectivity index (χ3v) is 7.25. The van der Waals surface area contributed by atoms with Gasteiger partial charge < -0.3 is 10.6 Å². The molecule has 0 atom stereocenters. The second-order valence-electron chi connectivity index (χ2n) is 7.33. The molecule has 0 saturated carbocycles. The second-order valence-corrected chi connectivity index (χ2v) is 9.20. The lowest BCUT2D eigenvalue weighted by molar-refractivity contribution is -0.116. The summed E-state index contributed by atoms with van der Waals surface area (Å²) in [5.41, 5.74) is 4.32. The Morgan fingerprint density at radius 1 is 0.900 bits per heavy atom. The van der Waals surface area contributed by atoms with E-state index in [0.717, 1.165) is 11.1 Å². The molecule has 0 heterocycles. The van der Waals surface area contributed by atoms with Crippen molar-refractivity contribution in [2.24, 2.45) is 0 Å². The van der Waals surface area contributed by atoms with E-state index in [2.05, 4.69) is 10.6 Å². The van der Waals surface area contributed by atoms with E-state index in [1.165, 1.54) is 11.2 Å². The van der Waals surface area contributed by atoms with Crippen LogP contribution in [0.25, 0.3) is 0 Å². The largest absolute Gasteiger partial charge is 0.326 e. The number of amides is 2. The van der Waals surface area contributed by atoms with E-state index in [-0.39, 0.29) is 23.9 Å². The number of hydrogen-bond donors (Lipinski definition) is 2. The molecule has 2 amide bonds. The summed E-state index contributed by atoms with van der Waals surface area (Å²) in [7, 11) is -3.84. The van der Waals surface area contributed by atoms with Crippen molar-refractivity contribution in [3.63, 3.8) is 0 Å². The number of rotatable bonds is 7. The highest BCUT2D eigenvalue weighted by molar-refractivity contribution is 7.89. The van der Waals surface area contributed by atoms with Gasteiger partial charge in [-0.05, 0) is 74.2 Å². The van der Waals surface area contributed by atoms with Gasteiger partial charge in [-0.3, -0.25) is 9.59 Å². The SMILES string of the molecule is CCN(CC(=O)Nc1ccc(NC(C)=O)cc1)S(=O)(=O)c1c(C)c(C)cc(C)c1C. The van der Waals surface area contributed by atoms with Gasteiger partial charge in [-0.25, -0.2) is 8.42 Å². The fraction of sp³-hybridized carbons (Fsp3) is 0.364. The number of sulfonamides is 1. The van der Waals surface area contributed by atoms with Crippen molar-refractivity contribution in [3.8, 4) is 0 Å². The van der Waals surface area contributed by atoms with E-state index in [9.17, 15) is 18.0 Å². The van der Waals surface area contributed by atoms with Gasteiger partial charge in [0.2, 0.25) is 21.8 Å². The number of nitrogens with one attached hydrogen (secondary N) is 2. The van der Waals surface area contributed by atoms with Crippen molar-refractivity contribution in [2.45, 2.75) is 46.4 Å². The molecule has 8 heteroatoms. The first-order valence-corrected chi connectivity index (χ1v) is 11.2. The molecule has 0 aliphatic heterocycles. The van der Waals surface area contributed by atoms with Crippen LogP contribution in [0.15, 0.2) is 35.2 Å². The molecule has 0 saturated heterocycles. The van der Waals surface area contributed by atoms with Crippen LogP contribution in [-0.2, 0) is 19.6 Å². The Balaban J connectivity index is 2.22. The molecule has 0 aliphatic rings. The number of hydrogen-bond acceptors (Lipinski definition) is 4. The van der Waals surface area contributed by atoms with Crippen LogP contribution in [0.1, 0.15) is 36.1 Å². The Labute approximate surface area is 178 Å².